The average Bonchev–Trinajstić information content (AvgIpc) is 3.25. The molecule has 0 atom stereocenters. The normalized spacial score (nSPS) is 11.7. The van der Waals surface area contributed by atoms with Crippen LogP contribution in [0.3, 0.4) is 0 Å². The second kappa shape index (κ2) is 12.5. The lowest BCUT2D eigenvalue weighted by Gasteiger charge is -2.12. The molecule has 36 heavy (non-hydrogen) atoms. The second-order valence-corrected chi connectivity index (χ2v) is 7.90. The summed E-state index contributed by atoms with van der Waals surface area (Å²) in [7, 11) is 0. The third kappa shape index (κ3) is 8.34. The summed E-state index contributed by atoms with van der Waals surface area (Å²) < 4.78 is 72.9. The molecule has 13 heteroatoms. The van der Waals surface area contributed by atoms with Gasteiger partial charge in [-0.25, -0.2) is 8.78 Å². The van der Waals surface area contributed by atoms with Crippen molar-refractivity contribution in [2.75, 3.05) is 31.6 Å². The van der Waals surface area contributed by atoms with Crippen LogP contribution in [0.15, 0.2) is 30.5 Å². The fourth-order valence-electron chi connectivity index (χ4n) is 3.51. The number of unbranched alkanes of at least 4 members (excludes halogenated alkanes) is 1. The summed E-state index contributed by atoms with van der Waals surface area (Å²) >= 11 is 0. The Bertz CT molecular complexity index is 1150. The van der Waals surface area contributed by atoms with Gasteiger partial charge in [0.05, 0.1) is 24.7 Å². The number of halogens is 5. The van der Waals surface area contributed by atoms with Crippen molar-refractivity contribution in [3.8, 4) is 5.75 Å². The van der Waals surface area contributed by atoms with Crippen molar-refractivity contribution < 1.29 is 41.3 Å². The topological polar surface area (TPSA) is 108 Å². The summed E-state index contributed by atoms with van der Waals surface area (Å²) in [5.74, 6) is -5.24. The molecule has 8 nitrogen and oxygen atoms in total. The fourth-order valence-corrected chi connectivity index (χ4v) is 3.51. The maximum absolute atomic E-state index is 13.7. The van der Waals surface area contributed by atoms with Gasteiger partial charge in [-0.15, -0.1) is 13.2 Å². The highest BCUT2D eigenvalue weighted by molar-refractivity contribution is 5.92. The van der Waals surface area contributed by atoms with E-state index < -0.39 is 29.7 Å². The summed E-state index contributed by atoms with van der Waals surface area (Å²) in [5, 5.41) is 22.9. The second-order valence-electron chi connectivity index (χ2n) is 7.90. The maximum atomic E-state index is 13.7. The molecule has 2 aromatic carbocycles. The summed E-state index contributed by atoms with van der Waals surface area (Å²) in [6.07, 6.45) is -2.20. The molecule has 0 radical (unpaired) electrons. The number of aromatic nitrogens is 2. The van der Waals surface area contributed by atoms with Crippen LogP contribution < -0.4 is 15.4 Å². The monoisotopic (exact) mass is 516 g/mol. The fraction of sp³-hybridized carbons (Fsp3) is 0.391. The summed E-state index contributed by atoms with van der Waals surface area (Å²) in [6, 6.07) is 5.10. The molecule has 3 aromatic rings. The van der Waals surface area contributed by atoms with E-state index in [2.05, 4.69) is 25.6 Å². The molecule has 0 bridgehead atoms. The van der Waals surface area contributed by atoms with Crippen molar-refractivity contribution in [3.05, 3.63) is 53.2 Å². The Hall–Kier alpha value is -3.45. The third-order valence-corrected chi connectivity index (χ3v) is 5.03. The number of carboxylic acids is 1. The van der Waals surface area contributed by atoms with Gasteiger partial charge in [-0.3, -0.25) is 9.89 Å². The van der Waals surface area contributed by atoms with Crippen LogP contribution in [0.1, 0.15) is 24.0 Å². The van der Waals surface area contributed by atoms with E-state index in [1.807, 2.05) is 0 Å². The van der Waals surface area contributed by atoms with E-state index in [1.54, 1.807) is 18.3 Å². The third-order valence-electron chi connectivity index (χ3n) is 5.03. The highest BCUT2D eigenvalue weighted by Gasteiger charge is 2.34. The number of fused-ring (bicyclic) bond motifs is 1. The molecule has 0 aliphatic carbocycles. The van der Waals surface area contributed by atoms with Gasteiger partial charge in [0, 0.05) is 30.8 Å². The molecule has 0 aliphatic rings. The average molecular weight is 516 g/mol. The van der Waals surface area contributed by atoms with Crippen LogP contribution in [0.2, 0.25) is 0 Å². The number of H-pyrrole nitrogens is 1. The van der Waals surface area contributed by atoms with Crippen molar-refractivity contribution in [3.63, 3.8) is 0 Å². The molecule has 0 spiro atoms. The largest absolute Gasteiger partial charge is 0.573 e. The number of carboxylic acid groups (broad SMARTS) is 1. The number of anilines is 1. The number of aromatic amines is 1. The van der Waals surface area contributed by atoms with Gasteiger partial charge in [-0.05, 0) is 54.8 Å². The Morgan fingerprint density at radius 3 is 2.47 bits per heavy atom. The van der Waals surface area contributed by atoms with E-state index in [-0.39, 0.29) is 18.5 Å². The molecule has 0 saturated carbocycles. The molecule has 1 heterocycles. The van der Waals surface area contributed by atoms with Gasteiger partial charge in [-0.2, -0.15) is 5.10 Å². The van der Waals surface area contributed by atoms with Crippen molar-refractivity contribution in [2.45, 2.75) is 32.2 Å². The minimum absolute atomic E-state index is 0.0777. The number of nitrogens with zero attached hydrogens (tertiary/aromatic N) is 1. The van der Waals surface area contributed by atoms with Crippen LogP contribution in [-0.4, -0.2) is 53.9 Å². The molecule has 0 fully saturated rings. The van der Waals surface area contributed by atoms with Crippen molar-refractivity contribution in [2.24, 2.45) is 0 Å². The molecule has 1 aromatic heterocycles. The molecule has 4 N–H and O–H groups in total. The number of aliphatic carboxylic acids is 1. The Morgan fingerprint density at radius 2 is 1.78 bits per heavy atom. The molecular formula is C23H25F5N4O4. The van der Waals surface area contributed by atoms with E-state index in [4.69, 9.17) is 9.84 Å². The van der Waals surface area contributed by atoms with Gasteiger partial charge in [-0.1, -0.05) is 0 Å². The van der Waals surface area contributed by atoms with Gasteiger partial charge >= 0.3 is 12.3 Å². The minimum atomic E-state index is -5.18. The quantitative estimate of drug-likeness (QED) is 0.186. The zero-order valence-corrected chi connectivity index (χ0v) is 19.1. The number of hydrogen-bond donors (Lipinski definition) is 4. The molecular weight excluding hydrogens is 491 g/mol. The van der Waals surface area contributed by atoms with Gasteiger partial charge in [0.1, 0.15) is 0 Å². The molecule has 3 rings (SSSR count). The highest BCUT2D eigenvalue weighted by Crippen LogP contribution is 2.29. The smallest absolute Gasteiger partial charge is 0.481 e. The van der Waals surface area contributed by atoms with E-state index in [9.17, 15) is 26.7 Å². The number of carbonyl (C=O) groups is 1. The van der Waals surface area contributed by atoms with E-state index in [0.717, 1.165) is 28.7 Å². The van der Waals surface area contributed by atoms with Gasteiger partial charge < -0.3 is 25.2 Å². The standard InChI is InChI=1S/C23H25F5N4O4/c24-17-7-15(8-18(25)22(17)36-23(26,27)28)12-29-3-1-2-5-35-6-4-30-19-9-14(11-21(33)34)10-20-16(19)13-31-32-20/h7-10,13,29-30H,1-6,11-12H2,(H,31,32)(H,33,34). The molecule has 0 saturated heterocycles. The lowest BCUT2D eigenvalue weighted by Crippen LogP contribution is -2.20. The van der Waals surface area contributed by atoms with Gasteiger partial charge in [0.15, 0.2) is 11.6 Å². The molecule has 196 valence electrons. The van der Waals surface area contributed by atoms with Crippen LogP contribution in [-0.2, 0) is 22.5 Å². The van der Waals surface area contributed by atoms with Gasteiger partial charge in [0.2, 0.25) is 5.75 Å². The lowest BCUT2D eigenvalue weighted by molar-refractivity contribution is -0.276. The first-order valence-electron chi connectivity index (χ1n) is 11.1. The first-order valence-corrected chi connectivity index (χ1v) is 11.1. The Morgan fingerprint density at radius 1 is 1.03 bits per heavy atom. The number of hydrogen-bond acceptors (Lipinski definition) is 6. The molecule has 0 amide bonds. The van der Waals surface area contributed by atoms with Crippen LogP contribution in [0.4, 0.5) is 27.6 Å². The van der Waals surface area contributed by atoms with Gasteiger partial charge in [0.25, 0.3) is 0 Å². The highest BCUT2D eigenvalue weighted by atomic mass is 19.4. The van der Waals surface area contributed by atoms with Crippen LogP contribution in [0.25, 0.3) is 10.9 Å². The minimum Gasteiger partial charge on any atom is -0.481 e. The Balaban J connectivity index is 1.31. The van der Waals surface area contributed by atoms with E-state index >= 15 is 0 Å². The first kappa shape index (κ1) is 27.1. The number of benzene rings is 2. The van der Waals surface area contributed by atoms with Crippen molar-refractivity contribution >= 4 is 22.6 Å². The lowest BCUT2D eigenvalue weighted by atomic mass is 10.1. The summed E-state index contributed by atoms with van der Waals surface area (Å²) in [6.45, 7) is 1.99. The maximum Gasteiger partial charge on any atom is 0.573 e. The zero-order chi connectivity index (χ0) is 26.1. The molecule has 0 aliphatic heterocycles. The van der Waals surface area contributed by atoms with Crippen LogP contribution in [0.5, 0.6) is 5.75 Å². The Labute approximate surface area is 202 Å². The summed E-state index contributed by atoms with van der Waals surface area (Å²) in [5.41, 5.74) is 2.30. The van der Waals surface area contributed by atoms with Crippen molar-refractivity contribution in [1.29, 1.82) is 0 Å². The SMILES string of the molecule is O=C(O)Cc1cc(NCCOCCCCNCc2cc(F)c(OC(F)(F)F)c(F)c2)c2cn[nH]c2c1. The predicted octanol–water partition coefficient (Wildman–Crippen LogP) is 4.37. The van der Waals surface area contributed by atoms with E-state index in [1.165, 1.54) is 0 Å². The first-order chi connectivity index (χ1) is 17.1. The summed E-state index contributed by atoms with van der Waals surface area (Å²) in [4.78, 5) is 11.0. The Kier molecular flexibility index (Phi) is 9.42. The zero-order valence-electron chi connectivity index (χ0n) is 19.1. The molecule has 0 unspecified atom stereocenters. The van der Waals surface area contributed by atoms with E-state index in [0.29, 0.717) is 44.7 Å². The van der Waals surface area contributed by atoms with Crippen LogP contribution >= 0.6 is 0 Å². The number of ether oxygens (including phenoxy) is 2. The van der Waals surface area contributed by atoms with Crippen LogP contribution in [0, 0.1) is 11.6 Å². The van der Waals surface area contributed by atoms with Crippen molar-refractivity contribution in [1.82, 2.24) is 15.5 Å². The number of alkyl halides is 3. The number of rotatable bonds is 14. The predicted molar refractivity (Wildman–Crippen MR) is 121 cm³/mol. The number of nitrogens with one attached hydrogen (secondary N) is 3.